The molecule has 0 aromatic heterocycles. The van der Waals surface area contributed by atoms with Crippen molar-refractivity contribution in [2.75, 3.05) is 19.7 Å². The summed E-state index contributed by atoms with van der Waals surface area (Å²) >= 11 is 0. The molecule has 2 aromatic carbocycles. The summed E-state index contributed by atoms with van der Waals surface area (Å²) in [4.78, 5) is 4.48. The van der Waals surface area contributed by atoms with Gasteiger partial charge in [0.2, 0.25) is 0 Å². The van der Waals surface area contributed by atoms with Gasteiger partial charge in [-0.15, -0.1) is 12.3 Å². The van der Waals surface area contributed by atoms with Gasteiger partial charge in [0.1, 0.15) is 17.3 Å². The van der Waals surface area contributed by atoms with E-state index in [1.54, 1.807) is 0 Å². The third kappa shape index (κ3) is 4.83. The topological polar surface area (TPSA) is 42.9 Å². The predicted octanol–water partition coefficient (Wildman–Crippen LogP) is 4.16. The van der Waals surface area contributed by atoms with Crippen LogP contribution in [0.4, 0.5) is 0 Å². The lowest BCUT2D eigenvalue weighted by Gasteiger charge is -2.21. The largest absolute Gasteiger partial charge is 0.493 e. The minimum absolute atomic E-state index is 0.276. The Morgan fingerprint density at radius 2 is 1.74 bits per heavy atom. The van der Waals surface area contributed by atoms with Gasteiger partial charge in [0.05, 0.1) is 19.6 Å². The minimum atomic E-state index is -0.276. The molecule has 0 amide bonds. The highest BCUT2D eigenvalue weighted by Crippen LogP contribution is 2.37. The fraction of sp³-hybridized carbons (Fsp3) is 0.348. The molecular weight excluding hydrogens is 336 g/mol. The number of benzene rings is 2. The third-order valence-electron chi connectivity index (χ3n) is 4.21. The van der Waals surface area contributed by atoms with Crippen molar-refractivity contribution in [3.63, 3.8) is 0 Å². The minimum Gasteiger partial charge on any atom is -0.493 e. The Morgan fingerprint density at radius 3 is 2.37 bits per heavy atom. The van der Waals surface area contributed by atoms with Crippen molar-refractivity contribution in [1.29, 1.82) is 0 Å². The van der Waals surface area contributed by atoms with Gasteiger partial charge in [-0.2, -0.15) is 0 Å². The summed E-state index contributed by atoms with van der Waals surface area (Å²) in [6, 6.07) is 16.0. The molecule has 1 aliphatic heterocycles. The van der Waals surface area contributed by atoms with Crippen LogP contribution in [0.1, 0.15) is 20.3 Å². The number of para-hydroxylation sites is 2. The molecule has 0 radical (unpaired) electrons. The average Bonchev–Trinajstić information content (AvgIpc) is 3.21. The van der Waals surface area contributed by atoms with Crippen LogP contribution in [0.2, 0.25) is 0 Å². The van der Waals surface area contributed by atoms with Crippen molar-refractivity contribution >= 4 is 5.84 Å². The summed E-state index contributed by atoms with van der Waals surface area (Å²) in [5.41, 5.74) is 1.99. The fourth-order valence-corrected chi connectivity index (χ4v) is 2.95. The molecule has 140 valence electrons. The Kier molecular flexibility index (Phi) is 6.38. The summed E-state index contributed by atoms with van der Waals surface area (Å²) in [6.07, 6.45) is 5.75. The maximum absolute atomic E-state index is 6.31. The first-order chi connectivity index (χ1) is 13.2. The van der Waals surface area contributed by atoms with Crippen LogP contribution >= 0.6 is 0 Å². The predicted molar refractivity (Wildman–Crippen MR) is 110 cm³/mol. The quantitative estimate of drug-likeness (QED) is 0.717. The molecule has 4 nitrogen and oxygen atoms in total. The second-order valence-electron chi connectivity index (χ2n) is 6.91. The number of hydrogen-bond acceptors (Lipinski definition) is 4. The molecule has 3 rings (SSSR count). The number of nitrogens with zero attached hydrogens (tertiary/aromatic N) is 1. The monoisotopic (exact) mass is 362 g/mol. The Balaban J connectivity index is 1.91. The number of hydrogen-bond donors (Lipinski definition) is 1. The second-order valence-corrected chi connectivity index (χ2v) is 6.91. The molecule has 4 heteroatoms. The molecule has 2 aromatic rings. The molecule has 0 spiro atoms. The maximum Gasteiger partial charge on any atom is 0.166 e. The number of ether oxygens (including phenoxy) is 2. The van der Waals surface area contributed by atoms with Crippen LogP contribution in [0.25, 0.3) is 11.1 Å². The van der Waals surface area contributed by atoms with Gasteiger partial charge in [-0.25, -0.2) is 0 Å². The van der Waals surface area contributed by atoms with E-state index in [1.807, 2.05) is 42.5 Å². The molecular formula is C23H26N2O2. The SMILES string of the molecule is C#CCC(Oc1ccccc1-c1ccccc1OCC(C)C)C1=NCCN1. The van der Waals surface area contributed by atoms with Gasteiger partial charge in [-0.1, -0.05) is 50.2 Å². The molecule has 0 aliphatic carbocycles. The average molecular weight is 362 g/mol. The van der Waals surface area contributed by atoms with Crippen molar-refractivity contribution in [1.82, 2.24) is 5.32 Å². The van der Waals surface area contributed by atoms with Gasteiger partial charge in [0.15, 0.2) is 6.10 Å². The van der Waals surface area contributed by atoms with Crippen LogP contribution in [-0.4, -0.2) is 31.6 Å². The van der Waals surface area contributed by atoms with Gasteiger partial charge < -0.3 is 14.8 Å². The summed E-state index contributed by atoms with van der Waals surface area (Å²) in [7, 11) is 0. The highest BCUT2D eigenvalue weighted by molar-refractivity contribution is 5.88. The molecule has 0 saturated carbocycles. The summed E-state index contributed by atoms with van der Waals surface area (Å²) < 4.78 is 12.3. The molecule has 0 fully saturated rings. The van der Waals surface area contributed by atoms with E-state index in [-0.39, 0.29) is 6.10 Å². The maximum atomic E-state index is 6.31. The van der Waals surface area contributed by atoms with Crippen LogP contribution in [0.5, 0.6) is 11.5 Å². The normalized spacial score (nSPS) is 14.2. The van der Waals surface area contributed by atoms with Crippen molar-refractivity contribution in [3.05, 3.63) is 48.5 Å². The highest BCUT2D eigenvalue weighted by Gasteiger charge is 2.21. The summed E-state index contributed by atoms with van der Waals surface area (Å²) in [5.74, 6) is 5.61. The van der Waals surface area contributed by atoms with Crippen LogP contribution < -0.4 is 14.8 Å². The molecule has 1 unspecified atom stereocenters. The summed E-state index contributed by atoms with van der Waals surface area (Å²) in [5, 5.41) is 3.27. The van der Waals surface area contributed by atoms with Crippen LogP contribution in [0, 0.1) is 18.3 Å². The first-order valence-corrected chi connectivity index (χ1v) is 9.38. The second kappa shape index (κ2) is 9.14. The molecule has 1 aliphatic rings. The molecule has 1 heterocycles. The van der Waals surface area contributed by atoms with Crippen molar-refractivity contribution in [2.45, 2.75) is 26.4 Å². The Morgan fingerprint density at radius 1 is 1.07 bits per heavy atom. The van der Waals surface area contributed by atoms with Gasteiger partial charge >= 0.3 is 0 Å². The van der Waals surface area contributed by atoms with E-state index in [0.29, 0.717) is 18.9 Å². The van der Waals surface area contributed by atoms with E-state index in [0.717, 1.165) is 41.6 Å². The lowest BCUT2D eigenvalue weighted by molar-refractivity contribution is 0.267. The fourth-order valence-electron chi connectivity index (χ4n) is 2.95. The van der Waals surface area contributed by atoms with Gasteiger partial charge in [0, 0.05) is 17.7 Å². The number of rotatable bonds is 8. The highest BCUT2D eigenvalue weighted by atomic mass is 16.5. The zero-order valence-electron chi connectivity index (χ0n) is 15.9. The number of terminal acetylenes is 1. The van der Waals surface area contributed by atoms with E-state index in [1.165, 1.54) is 0 Å². The van der Waals surface area contributed by atoms with Crippen molar-refractivity contribution in [3.8, 4) is 35.0 Å². The van der Waals surface area contributed by atoms with Crippen LogP contribution in [0.15, 0.2) is 53.5 Å². The van der Waals surface area contributed by atoms with Crippen LogP contribution in [0.3, 0.4) is 0 Å². The van der Waals surface area contributed by atoms with E-state index < -0.39 is 0 Å². The lowest BCUT2D eigenvalue weighted by atomic mass is 10.0. The van der Waals surface area contributed by atoms with E-state index >= 15 is 0 Å². The molecule has 27 heavy (non-hydrogen) atoms. The van der Waals surface area contributed by atoms with Crippen LogP contribution in [-0.2, 0) is 0 Å². The van der Waals surface area contributed by atoms with E-state index in [9.17, 15) is 0 Å². The first-order valence-electron chi connectivity index (χ1n) is 9.38. The van der Waals surface area contributed by atoms with Crippen molar-refractivity contribution < 1.29 is 9.47 Å². The smallest absolute Gasteiger partial charge is 0.166 e. The zero-order chi connectivity index (χ0) is 19.1. The molecule has 1 atom stereocenters. The van der Waals surface area contributed by atoms with E-state index in [4.69, 9.17) is 15.9 Å². The van der Waals surface area contributed by atoms with Gasteiger partial charge in [0.25, 0.3) is 0 Å². The van der Waals surface area contributed by atoms with Gasteiger partial charge in [-0.3, -0.25) is 4.99 Å². The third-order valence-corrected chi connectivity index (χ3v) is 4.21. The van der Waals surface area contributed by atoms with Gasteiger partial charge in [-0.05, 0) is 18.1 Å². The summed E-state index contributed by atoms with van der Waals surface area (Å²) in [6.45, 7) is 6.53. The lowest BCUT2D eigenvalue weighted by Crippen LogP contribution is -2.35. The Hall–Kier alpha value is -2.93. The van der Waals surface area contributed by atoms with Crippen molar-refractivity contribution in [2.24, 2.45) is 10.9 Å². The molecule has 0 saturated heterocycles. The number of aliphatic imine (C=N–C) groups is 1. The number of amidine groups is 1. The first kappa shape index (κ1) is 18.8. The zero-order valence-corrected chi connectivity index (χ0v) is 15.9. The molecule has 0 bridgehead atoms. The van der Waals surface area contributed by atoms with E-state index in [2.05, 4.69) is 36.1 Å². The number of nitrogens with one attached hydrogen (secondary N) is 1. The Bertz CT molecular complexity index is 836. The standard InChI is InChI=1S/C23H26N2O2/c1-4-9-22(23-24-14-15-25-23)27-21-13-8-6-11-19(21)18-10-5-7-12-20(18)26-16-17(2)3/h1,5-8,10-13,17,22H,9,14-16H2,2-3H3,(H,24,25). The molecule has 1 N–H and O–H groups in total. The Labute approximate surface area is 161 Å².